The summed E-state index contributed by atoms with van der Waals surface area (Å²) >= 11 is 11.9. The van der Waals surface area contributed by atoms with Gasteiger partial charge >= 0.3 is 0 Å². The number of nitrogens with zero attached hydrogens (tertiary/aromatic N) is 4. The van der Waals surface area contributed by atoms with Crippen LogP contribution in [0.2, 0.25) is 10.0 Å². The molecule has 0 saturated carbocycles. The summed E-state index contributed by atoms with van der Waals surface area (Å²) in [6, 6.07) is 5.12. The second-order valence-corrected chi connectivity index (χ2v) is 6.46. The molecule has 0 amide bonds. The van der Waals surface area contributed by atoms with E-state index in [0.29, 0.717) is 22.3 Å². The smallest absolute Gasteiger partial charge is 0.278 e. The van der Waals surface area contributed by atoms with Crippen LogP contribution < -0.4 is 10.9 Å². The van der Waals surface area contributed by atoms with Gasteiger partial charge in [-0.2, -0.15) is 4.39 Å². The number of oxazole rings is 1. The lowest BCUT2D eigenvalue weighted by molar-refractivity contribution is 0.540. The van der Waals surface area contributed by atoms with Gasteiger partial charge in [0.1, 0.15) is 12.0 Å². The van der Waals surface area contributed by atoms with Crippen LogP contribution in [0.25, 0.3) is 11.0 Å². The highest BCUT2D eigenvalue weighted by atomic mass is 35.5. The van der Waals surface area contributed by atoms with E-state index in [-0.39, 0.29) is 23.5 Å². The largest absolute Gasteiger partial charge is 0.451 e. The highest BCUT2D eigenvalue weighted by molar-refractivity contribution is 6.42. The molecule has 11 heteroatoms. The normalized spacial score (nSPS) is 11.2. The Balaban J connectivity index is 1.62. The molecule has 0 aliphatic heterocycles. The van der Waals surface area contributed by atoms with Crippen LogP contribution in [0.1, 0.15) is 11.3 Å². The molecule has 3 heterocycles. The third-order valence-corrected chi connectivity index (χ3v) is 4.54. The predicted octanol–water partition coefficient (Wildman–Crippen LogP) is 3.21. The van der Waals surface area contributed by atoms with Crippen molar-refractivity contribution in [3.63, 3.8) is 0 Å². The Morgan fingerprint density at radius 2 is 2.15 bits per heavy atom. The van der Waals surface area contributed by atoms with Crippen molar-refractivity contribution in [2.45, 2.75) is 13.1 Å². The van der Waals surface area contributed by atoms with E-state index in [4.69, 9.17) is 27.6 Å². The number of rotatable bonds is 5. The number of halogens is 3. The molecule has 0 radical (unpaired) electrons. The Bertz CT molecular complexity index is 1170. The summed E-state index contributed by atoms with van der Waals surface area (Å²) in [7, 11) is 0. The number of hydrogen-bond donors (Lipinski definition) is 2. The van der Waals surface area contributed by atoms with E-state index in [0.717, 1.165) is 5.56 Å². The first-order valence-electron chi connectivity index (χ1n) is 7.72. The quantitative estimate of drug-likeness (QED) is 0.525. The van der Waals surface area contributed by atoms with Crippen molar-refractivity contribution in [3.05, 3.63) is 68.5 Å². The number of H-pyrrole nitrogens is 1. The van der Waals surface area contributed by atoms with Gasteiger partial charge in [0, 0.05) is 6.54 Å². The summed E-state index contributed by atoms with van der Waals surface area (Å²) in [5.41, 5.74) is 0.654. The standard InChI is InChI=1S/C16H11Cl2FN6O2/c17-10-2-1-8(3-11(10)18)4-20-16-22-12-13(15(26)23-16)25(24-14(12)19)5-9-6-27-7-21-9/h1-3,6-7H,4-5H2,(H2,20,22,23,26). The molecule has 0 spiro atoms. The number of aromatic nitrogens is 5. The summed E-state index contributed by atoms with van der Waals surface area (Å²) < 4.78 is 20.3. The highest BCUT2D eigenvalue weighted by Crippen LogP contribution is 2.23. The minimum Gasteiger partial charge on any atom is -0.451 e. The molecule has 138 valence electrons. The minimum atomic E-state index is -0.850. The minimum absolute atomic E-state index is 0.00980. The molecular formula is C16H11Cl2FN6O2. The van der Waals surface area contributed by atoms with Crippen LogP contribution >= 0.6 is 23.2 Å². The molecule has 0 bridgehead atoms. The molecular weight excluding hydrogens is 398 g/mol. The van der Waals surface area contributed by atoms with Crippen LogP contribution in [-0.2, 0) is 13.1 Å². The van der Waals surface area contributed by atoms with Crippen molar-refractivity contribution in [2.24, 2.45) is 0 Å². The zero-order valence-electron chi connectivity index (χ0n) is 13.5. The van der Waals surface area contributed by atoms with Gasteiger partial charge in [0.15, 0.2) is 17.4 Å². The maximum Gasteiger partial charge on any atom is 0.278 e. The predicted molar refractivity (Wildman–Crippen MR) is 97.5 cm³/mol. The van der Waals surface area contributed by atoms with Crippen LogP contribution in [-0.4, -0.2) is 24.7 Å². The van der Waals surface area contributed by atoms with Crippen molar-refractivity contribution in [1.29, 1.82) is 0 Å². The lowest BCUT2D eigenvalue weighted by Crippen LogP contribution is -2.16. The van der Waals surface area contributed by atoms with Crippen LogP contribution in [0.3, 0.4) is 0 Å². The summed E-state index contributed by atoms with van der Waals surface area (Å²) in [6.45, 7) is 0.387. The molecule has 4 aromatic rings. The summed E-state index contributed by atoms with van der Waals surface area (Å²) in [4.78, 5) is 23.0. The Labute approximate surface area is 161 Å². The fraction of sp³-hybridized carbons (Fsp3) is 0.125. The highest BCUT2D eigenvalue weighted by Gasteiger charge is 2.17. The van der Waals surface area contributed by atoms with Crippen LogP contribution in [0.4, 0.5) is 10.3 Å². The van der Waals surface area contributed by atoms with Crippen LogP contribution in [0.15, 0.2) is 40.1 Å². The third kappa shape index (κ3) is 3.51. The molecule has 0 aliphatic rings. The molecule has 27 heavy (non-hydrogen) atoms. The second kappa shape index (κ2) is 7.01. The Kier molecular flexibility index (Phi) is 4.54. The maximum atomic E-state index is 14.2. The second-order valence-electron chi connectivity index (χ2n) is 5.64. The van der Waals surface area contributed by atoms with Gasteiger partial charge in [0.25, 0.3) is 11.5 Å². The first kappa shape index (κ1) is 17.5. The molecule has 0 unspecified atom stereocenters. The van der Waals surface area contributed by atoms with E-state index in [1.807, 2.05) is 0 Å². The topological polar surface area (TPSA) is 102 Å². The number of anilines is 1. The van der Waals surface area contributed by atoms with Crippen molar-refractivity contribution >= 4 is 40.2 Å². The molecule has 4 rings (SSSR count). The Morgan fingerprint density at radius 3 is 2.89 bits per heavy atom. The van der Waals surface area contributed by atoms with Crippen LogP contribution in [0.5, 0.6) is 0 Å². The van der Waals surface area contributed by atoms with E-state index in [1.165, 1.54) is 17.3 Å². The lowest BCUT2D eigenvalue weighted by Gasteiger charge is -2.07. The molecule has 1 aromatic carbocycles. The van der Waals surface area contributed by atoms with Crippen LogP contribution in [0, 0.1) is 5.95 Å². The molecule has 3 aromatic heterocycles. The maximum absolute atomic E-state index is 14.2. The van der Waals surface area contributed by atoms with Crippen molar-refractivity contribution in [3.8, 4) is 0 Å². The monoisotopic (exact) mass is 408 g/mol. The zero-order valence-corrected chi connectivity index (χ0v) is 15.1. The van der Waals surface area contributed by atoms with Gasteiger partial charge < -0.3 is 9.73 Å². The molecule has 0 saturated heterocycles. The van der Waals surface area contributed by atoms with Gasteiger partial charge in [-0.3, -0.25) is 9.78 Å². The number of aromatic amines is 1. The number of nitrogens with one attached hydrogen (secondary N) is 2. The van der Waals surface area contributed by atoms with Gasteiger partial charge in [-0.05, 0) is 17.7 Å². The summed E-state index contributed by atoms with van der Waals surface area (Å²) in [5, 5.41) is 7.51. The van der Waals surface area contributed by atoms with E-state index >= 15 is 0 Å². The van der Waals surface area contributed by atoms with Gasteiger partial charge in [0.05, 0.1) is 16.6 Å². The van der Waals surface area contributed by atoms with Crippen molar-refractivity contribution < 1.29 is 8.81 Å². The molecule has 8 nitrogen and oxygen atoms in total. The fourth-order valence-corrected chi connectivity index (χ4v) is 2.88. The number of fused-ring (bicyclic) bond motifs is 1. The van der Waals surface area contributed by atoms with E-state index < -0.39 is 11.5 Å². The zero-order chi connectivity index (χ0) is 19.0. The average molecular weight is 409 g/mol. The van der Waals surface area contributed by atoms with Gasteiger partial charge in [0.2, 0.25) is 5.95 Å². The Morgan fingerprint density at radius 1 is 1.30 bits per heavy atom. The fourth-order valence-electron chi connectivity index (χ4n) is 2.56. The summed E-state index contributed by atoms with van der Waals surface area (Å²) in [5.74, 6) is -0.740. The van der Waals surface area contributed by atoms with Crippen molar-refractivity contribution in [2.75, 3.05) is 5.32 Å². The lowest BCUT2D eigenvalue weighted by atomic mass is 10.2. The van der Waals surface area contributed by atoms with Crippen molar-refractivity contribution in [1.82, 2.24) is 24.7 Å². The number of benzene rings is 1. The van der Waals surface area contributed by atoms with Gasteiger partial charge in [-0.25, -0.2) is 14.6 Å². The van der Waals surface area contributed by atoms with E-state index in [2.05, 4.69) is 25.4 Å². The number of hydrogen-bond acceptors (Lipinski definition) is 6. The SMILES string of the molecule is O=c1[nH]c(NCc2ccc(Cl)c(Cl)c2)nc2c(F)nn(Cc3cocn3)c12. The van der Waals surface area contributed by atoms with E-state index in [1.54, 1.807) is 18.2 Å². The van der Waals surface area contributed by atoms with E-state index in [9.17, 15) is 9.18 Å². The molecule has 2 N–H and O–H groups in total. The third-order valence-electron chi connectivity index (χ3n) is 3.80. The van der Waals surface area contributed by atoms with Gasteiger partial charge in [-0.1, -0.05) is 29.3 Å². The first-order valence-corrected chi connectivity index (χ1v) is 8.48. The first-order chi connectivity index (χ1) is 13.0. The average Bonchev–Trinajstić information content (AvgIpc) is 3.25. The van der Waals surface area contributed by atoms with Gasteiger partial charge in [-0.15, -0.1) is 5.10 Å². The Hall–Kier alpha value is -2.91. The molecule has 0 aliphatic carbocycles. The molecule has 0 fully saturated rings. The summed E-state index contributed by atoms with van der Waals surface area (Å²) in [6.07, 6.45) is 2.63. The molecule has 0 atom stereocenters.